The van der Waals surface area contributed by atoms with E-state index < -0.39 is 15.8 Å². The number of nitrogens with zero attached hydrogens (tertiary/aromatic N) is 1. The van der Waals surface area contributed by atoms with E-state index in [4.69, 9.17) is 0 Å². The van der Waals surface area contributed by atoms with E-state index in [2.05, 4.69) is 17.4 Å². The Morgan fingerprint density at radius 2 is 1.82 bits per heavy atom. The van der Waals surface area contributed by atoms with Crippen molar-refractivity contribution >= 4 is 15.9 Å². The van der Waals surface area contributed by atoms with Gasteiger partial charge < -0.3 is 5.32 Å². The van der Waals surface area contributed by atoms with Crippen LogP contribution in [0.2, 0.25) is 0 Å². The van der Waals surface area contributed by atoms with Crippen molar-refractivity contribution in [1.82, 2.24) is 9.62 Å². The van der Waals surface area contributed by atoms with Crippen LogP contribution in [0.1, 0.15) is 24.8 Å². The number of halogens is 1. The molecule has 0 radical (unpaired) electrons. The number of piperidine rings is 1. The molecule has 28 heavy (non-hydrogen) atoms. The van der Waals surface area contributed by atoms with Gasteiger partial charge in [0.15, 0.2) is 0 Å². The summed E-state index contributed by atoms with van der Waals surface area (Å²) in [7, 11) is -3.72. The van der Waals surface area contributed by atoms with Crippen molar-refractivity contribution in [2.75, 3.05) is 19.6 Å². The molecule has 1 atom stereocenters. The molecule has 1 N–H and O–H groups in total. The molecule has 0 unspecified atom stereocenters. The van der Waals surface area contributed by atoms with Crippen LogP contribution >= 0.6 is 0 Å². The molecule has 1 heterocycles. The number of nitrogens with one attached hydrogen (secondary N) is 1. The lowest BCUT2D eigenvalue weighted by Crippen LogP contribution is -2.45. The van der Waals surface area contributed by atoms with E-state index in [1.165, 1.54) is 22.0 Å². The van der Waals surface area contributed by atoms with Crippen molar-refractivity contribution in [3.63, 3.8) is 0 Å². The second-order valence-electron chi connectivity index (χ2n) is 7.04. The summed E-state index contributed by atoms with van der Waals surface area (Å²) in [5.41, 5.74) is 1.23. The van der Waals surface area contributed by atoms with Crippen LogP contribution in [0.3, 0.4) is 0 Å². The fourth-order valence-corrected chi connectivity index (χ4v) is 4.95. The molecule has 1 fully saturated rings. The number of hydrogen-bond donors (Lipinski definition) is 1. The topological polar surface area (TPSA) is 66.5 Å². The van der Waals surface area contributed by atoms with Gasteiger partial charge in [-0.05, 0) is 55.5 Å². The zero-order valence-corrected chi connectivity index (χ0v) is 16.5. The monoisotopic (exact) mass is 404 g/mol. The first-order chi connectivity index (χ1) is 13.5. The van der Waals surface area contributed by atoms with Gasteiger partial charge in [-0.3, -0.25) is 4.79 Å². The standard InChI is InChI=1S/C21H25FN2O3S/c22-19-10-12-20(13-11-19)28(26,27)24-15-5-9-18(16-24)21(25)23-14-4-8-17-6-2-1-3-7-17/h1-3,6-7,10-13,18H,4-5,8-9,14-16H2,(H,23,25)/t18-/m0/s1. The maximum absolute atomic E-state index is 13.1. The highest BCUT2D eigenvalue weighted by molar-refractivity contribution is 7.89. The highest BCUT2D eigenvalue weighted by Crippen LogP contribution is 2.24. The van der Waals surface area contributed by atoms with Gasteiger partial charge in [-0.2, -0.15) is 4.31 Å². The maximum Gasteiger partial charge on any atom is 0.243 e. The Labute approximate surface area is 165 Å². The van der Waals surface area contributed by atoms with Gasteiger partial charge in [-0.15, -0.1) is 0 Å². The van der Waals surface area contributed by atoms with Gasteiger partial charge in [0.05, 0.1) is 10.8 Å². The maximum atomic E-state index is 13.1. The van der Waals surface area contributed by atoms with Crippen LogP contribution in [0.25, 0.3) is 0 Å². The Morgan fingerprint density at radius 3 is 2.54 bits per heavy atom. The molecule has 5 nitrogen and oxygen atoms in total. The minimum Gasteiger partial charge on any atom is -0.356 e. The summed E-state index contributed by atoms with van der Waals surface area (Å²) in [4.78, 5) is 12.5. The van der Waals surface area contributed by atoms with Crippen LogP contribution in [0.4, 0.5) is 4.39 Å². The summed E-state index contributed by atoms with van der Waals surface area (Å²) in [5.74, 6) is -0.946. The minimum absolute atomic E-state index is 0.0535. The van der Waals surface area contributed by atoms with Crippen molar-refractivity contribution < 1.29 is 17.6 Å². The van der Waals surface area contributed by atoms with Crippen LogP contribution < -0.4 is 5.32 Å². The van der Waals surface area contributed by atoms with Crippen LogP contribution in [0.5, 0.6) is 0 Å². The third-order valence-electron chi connectivity index (χ3n) is 4.99. The molecule has 7 heteroatoms. The Balaban J connectivity index is 1.52. The lowest BCUT2D eigenvalue weighted by Gasteiger charge is -2.31. The molecule has 0 aromatic heterocycles. The normalized spacial score (nSPS) is 18.0. The number of carbonyl (C=O) groups excluding carboxylic acids is 1. The summed E-state index contributed by atoms with van der Waals surface area (Å²) >= 11 is 0. The van der Waals surface area contributed by atoms with E-state index in [1.54, 1.807) is 0 Å². The van der Waals surface area contributed by atoms with Gasteiger partial charge >= 0.3 is 0 Å². The second-order valence-corrected chi connectivity index (χ2v) is 8.97. The fraction of sp³-hybridized carbons (Fsp3) is 0.381. The smallest absolute Gasteiger partial charge is 0.243 e. The SMILES string of the molecule is O=C(NCCCc1ccccc1)[C@H]1CCCN(S(=O)(=O)c2ccc(F)cc2)C1. The Hall–Kier alpha value is -2.25. The molecule has 0 aliphatic carbocycles. The van der Waals surface area contributed by atoms with E-state index in [1.807, 2.05) is 18.2 Å². The third-order valence-corrected chi connectivity index (χ3v) is 6.87. The third kappa shape index (κ3) is 5.17. The van der Waals surface area contributed by atoms with Crippen LogP contribution in [-0.4, -0.2) is 38.3 Å². The van der Waals surface area contributed by atoms with Crippen molar-refractivity contribution in [2.24, 2.45) is 5.92 Å². The summed E-state index contributed by atoms with van der Waals surface area (Å²) in [6.07, 6.45) is 3.01. The minimum atomic E-state index is -3.72. The fourth-order valence-electron chi connectivity index (χ4n) is 3.42. The first kappa shape index (κ1) is 20.5. The molecule has 0 saturated carbocycles. The molecule has 2 aromatic carbocycles. The summed E-state index contributed by atoms with van der Waals surface area (Å²) in [6, 6.07) is 14.9. The highest BCUT2D eigenvalue weighted by Gasteiger charge is 2.33. The number of aryl methyl sites for hydroxylation is 1. The summed E-state index contributed by atoms with van der Waals surface area (Å²) in [6.45, 7) is 1.09. The van der Waals surface area contributed by atoms with Crippen molar-refractivity contribution in [1.29, 1.82) is 0 Å². The first-order valence-electron chi connectivity index (χ1n) is 9.54. The number of sulfonamides is 1. The zero-order chi connectivity index (χ0) is 20.0. The summed E-state index contributed by atoms with van der Waals surface area (Å²) in [5, 5.41) is 2.93. The van der Waals surface area contributed by atoms with E-state index in [9.17, 15) is 17.6 Å². The van der Waals surface area contributed by atoms with Gasteiger partial charge in [0, 0.05) is 19.6 Å². The quantitative estimate of drug-likeness (QED) is 0.722. The average molecular weight is 405 g/mol. The Morgan fingerprint density at radius 1 is 1.11 bits per heavy atom. The molecule has 1 amide bonds. The number of hydrogen-bond acceptors (Lipinski definition) is 3. The molecular formula is C21H25FN2O3S. The van der Waals surface area contributed by atoms with Gasteiger partial charge in [-0.1, -0.05) is 30.3 Å². The van der Waals surface area contributed by atoms with Crippen LogP contribution in [-0.2, 0) is 21.2 Å². The Kier molecular flexibility index (Phi) is 6.80. The molecule has 2 aromatic rings. The van der Waals surface area contributed by atoms with E-state index in [0.717, 1.165) is 25.0 Å². The van der Waals surface area contributed by atoms with Gasteiger partial charge in [0.2, 0.25) is 15.9 Å². The number of rotatable bonds is 7. The molecule has 1 aliphatic heterocycles. The second kappa shape index (κ2) is 9.30. The van der Waals surface area contributed by atoms with Crippen LogP contribution in [0.15, 0.2) is 59.5 Å². The predicted molar refractivity (Wildman–Crippen MR) is 106 cm³/mol. The van der Waals surface area contributed by atoms with E-state index in [0.29, 0.717) is 25.9 Å². The average Bonchev–Trinajstić information content (AvgIpc) is 2.72. The van der Waals surface area contributed by atoms with Crippen molar-refractivity contribution in [3.05, 3.63) is 66.0 Å². The zero-order valence-electron chi connectivity index (χ0n) is 15.7. The lowest BCUT2D eigenvalue weighted by molar-refractivity contribution is -0.126. The molecule has 1 aliphatic rings. The number of amides is 1. The van der Waals surface area contributed by atoms with Crippen molar-refractivity contribution in [3.8, 4) is 0 Å². The molecule has 3 rings (SSSR count). The molecule has 1 saturated heterocycles. The van der Waals surface area contributed by atoms with E-state index >= 15 is 0 Å². The van der Waals surface area contributed by atoms with Gasteiger partial charge in [0.25, 0.3) is 0 Å². The molecule has 150 valence electrons. The molecular weight excluding hydrogens is 379 g/mol. The van der Waals surface area contributed by atoms with E-state index in [-0.39, 0.29) is 23.3 Å². The highest BCUT2D eigenvalue weighted by atomic mass is 32.2. The molecule has 0 bridgehead atoms. The number of carbonyl (C=O) groups is 1. The predicted octanol–water partition coefficient (Wildman–Crippen LogP) is 2.98. The van der Waals surface area contributed by atoms with Crippen LogP contribution in [0, 0.1) is 11.7 Å². The largest absolute Gasteiger partial charge is 0.356 e. The summed E-state index contributed by atoms with van der Waals surface area (Å²) < 4.78 is 39.9. The number of benzene rings is 2. The van der Waals surface area contributed by atoms with Crippen molar-refractivity contribution in [2.45, 2.75) is 30.6 Å². The first-order valence-corrected chi connectivity index (χ1v) is 11.0. The lowest BCUT2D eigenvalue weighted by atomic mass is 9.99. The van der Waals surface area contributed by atoms with Gasteiger partial charge in [-0.25, -0.2) is 12.8 Å². The van der Waals surface area contributed by atoms with Gasteiger partial charge in [0.1, 0.15) is 5.82 Å². The Bertz CT molecular complexity index is 886. The molecule has 0 spiro atoms.